The first-order chi connectivity index (χ1) is 12.5. The van der Waals surface area contributed by atoms with Crippen LogP contribution in [0.5, 0.6) is 11.5 Å². The van der Waals surface area contributed by atoms with Crippen molar-refractivity contribution in [2.45, 2.75) is 19.9 Å². The van der Waals surface area contributed by atoms with Crippen molar-refractivity contribution in [2.24, 2.45) is 0 Å². The number of hydrogen-bond donors (Lipinski definition) is 1. The molecule has 5 nitrogen and oxygen atoms in total. The Bertz CT molecular complexity index is 904. The van der Waals surface area contributed by atoms with Gasteiger partial charge in [-0.25, -0.2) is 4.98 Å². The number of rotatable bonds is 6. The lowest BCUT2D eigenvalue weighted by Gasteiger charge is -2.18. The van der Waals surface area contributed by atoms with Gasteiger partial charge >= 0.3 is 0 Å². The largest absolute Gasteiger partial charge is 0.497 e. The third kappa shape index (κ3) is 3.73. The van der Waals surface area contributed by atoms with Gasteiger partial charge < -0.3 is 14.8 Å². The summed E-state index contributed by atoms with van der Waals surface area (Å²) in [6.45, 7) is 3.78. The third-order valence-corrected chi connectivity index (χ3v) is 6.18. The van der Waals surface area contributed by atoms with Gasteiger partial charge in [-0.1, -0.05) is 6.07 Å². The Kier molecular flexibility index (Phi) is 5.58. The number of nitrogens with zero attached hydrogens (tertiary/aromatic N) is 1. The van der Waals surface area contributed by atoms with Crippen molar-refractivity contribution in [1.29, 1.82) is 0 Å². The lowest BCUT2D eigenvalue weighted by molar-refractivity contribution is 0.0942. The van der Waals surface area contributed by atoms with Crippen molar-refractivity contribution in [3.05, 3.63) is 51.8 Å². The van der Waals surface area contributed by atoms with Crippen LogP contribution in [0.4, 0.5) is 0 Å². The molecule has 0 radical (unpaired) electrons. The number of methoxy groups -OCH3 is 2. The van der Waals surface area contributed by atoms with Crippen molar-refractivity contribution in [2.75, 3.05) is 14.2 Å². The number of benzene rings is 1. The van der Waals surface area contributed by atoms with E-state index in [1.54, 1.807) is 25.6 Å². The number of aryl methyl sites for hydroxylation is 1. The third-order valence-electron chi connectivity index (χ3n) is 3.99. The van der Waals surface area contributed by atoms with Gasteiger partial charge in [0.1, 0.15) is 21.4 Å². The maximum atomic E-state index is 12.8. The quantitative estimate of drug-likeness (QED) is 0.666. The van der Waals surface area contributed by atoms with Crippen LogP contribution >= 0.6 is 22.7 Å². The van der Waals surface area contributed by atoms with E-state index in [1.165, 1.54) is 11.3 Å². The first kappa shape index (κ1) is 18.4. The number of aromatic nitrogens is 1. The standard InChI is InChI=1S/C19H20N2O3S2/c1-11(14-10-13(23-3)7-8-15(14)24-4)20-18(22)17-12(2)21-19(26-17)16-6-5-9-25-16/h5-11H,1-4H3,(H,20,22). The molecule has 0 saturated heterocycles. The minimum atomic E-state index is -0.237. The van der Waals surface area contributed by atoms with Crippen molar-refractivity contribution in [1.82, 2.24) is 10.3 Å². The molecule has 1 aromatic carbocycles. The van der Waals surface area contributed by atoms with E-state index in [0.29, 0.717) is 10.6 Å². The van der Waals surface area contributed by atoms with Gasteiger partial charge in [0, 0.05) is 5.56 Å². The summed E-state index contributed by atoms with van der Waals surface area (Å²) in [5, 5.41) is 5.91. The summed E-state index contributed by atoms with van der Waals surface area (Å²) in [6, 6.07) is 9.29. The minimum absolute atomic E-state index is 0.139. The summed E-state index contributed by atoms with van der Waals surface area (Å²) >= 11 is 3.03. The Morgan fingerprint density at radius 2 is 2.04 bits per heavy atom. The zero-order valence-corrected chi connectivity index (χ0v) is 16.7. The Labute approximate surface area is 160 Å². The van der Waals surface area contributed by atoms with Crippen LogP contribution in [-0.4, -0.2) is 25.1 Å². The molecule has 0 fully saturated rings. The van der Waals surface area contributed by atoms with E-state index in [2.05, 4.69) is 10.3 Å². The van der Waals surface area contributed by atoms with Crippen molar-refractivity contribution >= 4 is 28.6 Å². The van der Waals surface area contributed by atoms with E-state index in [9.17, 15) is 4.79 Å². The smallest absolute Gasteiger partial charge is 0.263 e. The molecule has 1 amide bonds. The van der Waals surface area contributed by atoms with Crippen LogP contribution in [0.1, 0.15) is 33.9 Å². The molecule has 3 rings (SSSR count). The van der Waals surface area contributed by atoms with Crippen LogP contribution in [-0.2, 0) is 0 Å². The highest BCUT2D eigenvalue weighted by Gasteiger charge is 2.20. The molecule has 136 valence electrons. The van der Waals surface area contributed by atoms with Crippen molar-refractivity contribution in [3.63, 3.8) is 0 Å². The summed E-state index contributed by atoms with van der Waals surface area (Å²) < 4.78 is 10.7. The van der Waals surface area contributed by atoms with Crippen LogP contribution in [0.25, 0.3) is 9.88 Å². The number of thiophene rings is 1. The van der Waals surface area contributed by atoms with Gasteiger partial charge in [-0.05, 0) is 43.5 Å². The molecule has 7 heteroatoms. The summed E-state index contributed by atoms with van der Waals surface area (Å²) in [7, 11) is 3.22. The van der Waals surface area contributed by atoms with E-state index in [4.69, 9.17) is 9.47 Å². The molecule has 1 unspecified atom stereocenters. The average molecular weight is 389 g/mol. The van der Waals surface area contributed by atoms with Gasteiger partial charge in [0.05, 0.1) is 30.8 Å². The first-order valence-corrected chi connectivity index (χ1v) is 9.77. The highest BCUT2D eigenvalue weighted by molar-refractivity contribution is 7.22. The number of nitrogens with one attached hydrogen (secondary N) is 1. The number of carbonyl (C=O) groups is 1. The monoisotopic (exact) mass is 388 g/mol. The van der Waals surface area contributed by atoms with E-state index < -0.39 is 0 Å². The molecular weight excluding hydrogens is 368 g/mol. The number of amides is 1. The fourth-order valence-corrected chi connectivity index (χ4v) is 4.40. The van der Waals surface area contributed by atoms with E-state index in [0.717, 1.165) is 26.9 Å². The van der Waals surface area contributed by atoms with Crippen molar-refractivity contribution in [3.8, 4) is 21.4 Å². The van der Waals surface area contributed by atoms with Gasteiger partial charge in [0.2, 0.25) is 0 Å². The summed E-state index contributed by atoms with van der Waals surface area (Å²) in [5.74, 6) is 1.29. The molecule has 0 saturated carbocycles. The number of hydrogen-bond acceptors (Lipinski definition) is 6. The second-order valence-electron chi connectivity index (χ2n) is 5.71. The van der Waals surface area contributed by atoms with E-state index >= 15 is 0 Å². The molecule has 1 atom stereocenters. The second-order valence-corrected chi connectivity index (χ2v) is 7.66. The molecule has 2 heterocycles. The zero-order valence-electron chi connectivity index (χ0n) is 15.0. The molecule has 26 heavy (non-hydrogen) atoms. The Balaban J connectivity index is 1.82. The number of thiazole rings is 1. The molecule has 1 N–H and O–H groups in total. The normalized spacial score (nSPS) is 11.8. The molecular formula is C19H20N2O3S2. The molecule has 3 aromatic rings. The SMILES string of the molecule is COc1ccc(OC)c(C(C)NC(=O)c2sc(-c3cccs3)nc2C)c1. The Morgan fingerprint density at radius 3 is 2.69 bits per heavy atom. The average Bonchev–Trinajstić information content (AvgIpc) is 3.30. The minimum Gasteiger partial charge on any atom is -0.497 e. The number of carbonyl (C=O) groups excluding carboxylic acids is 1. The van der Waals surface area contributed by atoms with Crippen LogP contribution in [0.3, 0.4) is 0 Å². The van der Waals surface area contributed by atoms with Gasteiger partial charge in [0.25, 0.3) is 5.91 Å². The van der Waals surface area contributed by atoms with Gasteiger partial charge in [-0.2, -0.15) is 0 Å². The maximum absolute atomic E-state index is 12.8. The van der Waals surface area contributed by atoms with E-state index in [-0.39, 0.29) is 11.9 Å². The summed E-state index contributed by atoms with van der Waals surface area (Å²) in [5.41, 5.74) is 1.60. The van der Waals surface area contributed by atoms with Crippen LogP contribution in [0.2, 0.25) is 0 Å². The Hall–Kier alpha value is -2.38. The predicted octanol–water partition coefficient (Wildman–Crippen LogP) is 4.69. The predicted molar refractivity (Wildman–Crippen MR) is 106 cm³/mol. The Morgan fingerprint density at radius 1 is 1.23 bits per heavy atom. The fraction of sp³-hybridized carbons (Fsp3) is 0.263. The van der Waals surface area contributed by atoms with E-state index in [1.807, 2.05) is 49.6 Å². The summed E-state index contributed by atoms with van der Waals surface area (Å²) in [4.78, 5) is 19.0. The highest BCUT2D eigenvalue weighted by atomic mass is 32.1. The van der Waals surface area contributed by atoms with Crippen molar-refractivity contribution < 1.29 is 14.3 Å². The van der Waals surface area contributed by atoms with Gasteiger partial charge in [-0.3, -0.25) is 4.79 Å². The topological polar surface area (TPSA) is 60.5 Å². The zero-order chi connectivity index (χ0) is 18.7. The molecule has 0 aliphatic heterocycles. The highest BCUT2D eigenvalue weighted by Crippen LogP contribution is 2.32. The molecule has 0 bridgehead atoms. The van der Waals surface area contributed by atoms with Crippen LogP contribution in [0.15, 0.2) is 35.7 Å². The summed E-state index contributed by atoms with van der Waals surface area (Å²) in [6.07, 6.45) is 0. The lowest BCUT2D eigenvalue weighted by atomic mass is 10.1. The van der Waals surface area contributed by atoms with Crippen LogP contribution < -0.4 is 14.8 Å². The molecule has 0 aliphatic carbocycles. The number of ether oxygens (including phenoxy) is 2. The van der Waals surface area contributed by atoms with Gasteiger partial charge in [0.15, 0.2) is 0 Å². The molecule has 0 spiro atoms. The van der Waals surface area contributed by atoms with Gasteiger partial charge in [-0.15, -0.1) is 22.7 Å². The fourth-order valence-electron chi connectivity index (χ4n) is 2.63. The molecule has 0 aliphatic rings. The lowest BCUT2D eigenvalue weighted by Crippen LogP contribution is -2.26. The first-order valence-electron chi connectivity index (χ1n) is 8.07. The van der Waals surface area contributed by atoms with Crippen LogP contribution in [0, 0.1) is 6.92 Å². The maximum Gasteiger partial charge on any atom is 0.263 e. The molecule has 2 aromatic heterocycles. The second kappa shape index (κ2) is 7.88.